The predicted octanol–water partition coefficient (Wildman–Crippen LogP) is 1.92. The second kappa shape index (κ2) is 8.76. The van der Waals surface area contributed by atoms with Crippen LogP contribution in [0.3, 0.4) is 0 Å². The maximum absolute atomic E-state index is 11.9. The van der Waals surface area contributed by atoms with E-state index >= 15 is 0 Å². The van der Waals surface area contributed by atoms with E-state index in [0.29, 0.717) is 23.9 Å². The summed E-state index contributed by atoms with van der Waals surface area (Å²) >= 11 is 1.30. The zero-order chi connectivity index (χ0) is 13.0. The van der Waals surface area contributed by atoms with Crippen LogP contribution in [0.4, 0.5) is 5.13 Å². The van der Waals surface area contributed by atoms with Crippen molar-refractivity contribution in [2.45, 2.75) is 0 Å². The highest BCUT2D eigenvalue weighted by molar-refractivity contribution is 7.19. The van der Waals surface area contributed by atoms with Crippen molar-refractivity contribution in [3.05, 3.63) is 36.0 Å². The molecule has 5 nitrogen and oxygen atoms in total. The summed E-state index contributed by atoms with van der Waals surface area (Å²) in [6.07, 6.45) is 0. The lowest BCUT2D eigenvalue weighted by Gasteiger charge is -2.03. The summed E-state index contributed by atoms with van der Waals surface area (Å²) < 4.78 is 0. The van der Waals surface area contributed by atoms with Crippen molar-refractivity contribution in [2.75, 3.05) is 18.8 Å². The number of carbonyl (C=O) groups excluding carboxylic acids is 1. The zero-order valence-corrected chi connectivity index (χ0v) is 13.0. The van der Waals surface area contributed by atoms with Crippen LogP contribution in [0.2, 0.25) is 0 Å². The van der Waals surface area contributed by atoms with Gasteiger partial charge >= 0.3 is 0 Å². The maximum Gasteiger partial charge on any atom is 0.271 e. The van der Waals surface area contributed by atoms with Crippen molar-refractivity contribution in [3.8, 4) is 10.4 Å². The van der Waals surface area contributed by atoms with E-state index < -0.39 is 0 Å². The zero-order valence-electron chi connectivity index (χ0n) is 10.5. The number of nitrogens with two attached hydrogens (primary N) is 2. The Kier molecular flexibility index (Phi) is 8.17. The molecule has 0 spiro atoms. The average Bonchev–Trinajstić information content (AvgIpc) is 2.79. The van der Waals surface area contributed by atoms with Gasteiger partial charge in [-0.1, -0.05) is 41.7 Å². The van der Waals surface area contributed by atoms with E-state index in [1.165, 1.54) is 11.3 Å². The lowest BCUT2D eigenvalue weighted by molar-refractivity contribution is 0.0951. The molecular formula is C12H16Cl2N4OS. The SMILES string of the molecule is Cl.Cl.NCCNC(=O)c1nc(N)sc1-c1ccccc1. The number of halogens is 2. The fourth-order valence-electron chi connectivity index (χ4n) is 1.55. The molecule has 1 aromatic carbocycles. The molecule has 0 aliphatic heterocycles. The van der Waals surface area contributed by atoms with Crippen LogP contribution in [0, 0.1) is 0 Å². The first kappa shape index (κ1) is 18.7. The highest BCUT2D eigenvalue weighted by atomic mass is 35.5. The van der Waals surface area contributed by atoms with Crippen LogP contribution < -0.4 is 16.8 Å². The lowest BCUT2D eigenvalue weighted by Crippen LogP contribution is -2.29. The lowest BCUT2D eigenvalue weighted by atomic mass is 10.1. The summed E-state index contributed by atoms with van der Waals surface area (Å²) in [4.78, 5) is 16.8. The maximum atomic E-state index is 11.9. The topological polar surface area (TPSA) is 94.0 Å². The molecule has 5 N–H and O–H groups in total. The number of nitrogens with zero attached hydrogens (tertiary/aromatic N) is 1. The number of nitrogen functional groups attached to an aromatic ring is 1. The van der Waals surface area contributed by atoms with Gasteiger partial charge in [-0.15, -0.1) is 24.8 Å². The molecule has 0 atom stereocenters. The van der Waals surface area contributed by atoms with Crippen molar-refractivity contribution >= 4 is 47.2 Å². The van der Waals surface area contributed by atoms with Crippen LogP contribution in [-0.4, -0.2) is 24.0 Å². The minimum Gasteiger partial charge on any atom is -0.375 e. The molecule has 20 heavy (non-hydrogen) atoms. The highest BCUT2D eigenvalue weighted by Crippen LogP contribution is 2.31. The van der Waals surface area contributed by atoms with Crippen LogP contribution in [0.25, 0.3) is 10.4 Å². The third kappa shape index (κ3) is 4.35. The summed E-state index contributed by atoms with van der Waals surface area (Å²) in [6, 6.07) is 9.58. The van der Waals surface area contributed by atoms with Gasteiger partial charge in [0.2, 0.25) is 0 Å². The molecule has 1 aromatic heterocycles. The van der Waals surface area contributed by atoms with Crippen LogP contribution in [0.5, 0.6) is 0 Å². The number of amides is 1. The number of thiazole rings is 1. The van der Waals surface area contributed by atoms with Crippen LogP contribution >= 0.6 is 36.2 Å². The summed E-state index contributed by atoms with van der Waals surface area (Å²) in [7, 11) is 0. The van der Waals surface area contributed by atoms with Gasteiger partial charge in [0.05, 0.1) is 4.88 Å². The first-order valence-corrected chi connectivity index (χ1v) is 6.34. The van der Waals surface area contributed by atoms with E-state index in [-0.39, 0.29) is 30.7 Å². The molecular weight excluding hydrogens is 319 g/mol. The summed E-state index contributed by atoms with van der Waals surface area (Å²) in [6.45, 7) is 0.816. The van der Waals surface area contributed by atoms with Crippen molar-refractivity contribution < 1.29 is 4.79 Å². The molecule has 0 aliphatic rings. The Balaban J connectivity index is 0.00000180. The predicted molar refractivity (Wildman–Crippen MR) is 87.8 cm³/mol. The minimum absolute atomic E-state index is 0. The second-order valence-corrected chi connectivity index (χ2v) is 4.67. The van der Waals surface area contributed by atoms with Gasteiger partial charge in [-0.05, 0) is 5.56 Å². The number of hydrogen-bond donors (Lipinski definition) is 3. The van der Waals surface area contributed by atoms with Gasteiger partial charge in [-0.2, -0.15) is 0 Å². The number of benzene rings is 1. The Morgan fingerprint density at radius 1 is 1.25 bits per heavy atom. The third-order valence-electron chi connectivity index (χ3n) is 2.32. The van der Waals surface area contributed by atoms with E-state index in [2.05, 4.69) is 10.3 Å². The molecule has 2 aromatic rings. The minimum atomic E-state index is -0.243. The van der Waals surface area contributed by atoms with Gasteiger partial charge in [-0.3, -0.25) is 4.79 Å². The molecule has 0 saturated carbocycles. The van der Waals surface area contributed by atoms with E-state index in [9.17, 15) is 4.79 Å². The Hall–Kier alpha value is -1.34. The number of carbonyl (C=O) groups is 1. The first-order valence-electron chi connectivity index (χ1n) is 5.52. The Morgan fingerprint density at radius 2 is 1.90 bits per heavy atom. The summed E-state index contributed by atoms with van der Waals surface area (Å²) in [5.74, 6) is -0.243. The second-order valence-electron chi connectivity index (χ2n) is 3.64. The van der Waals surface area contributed by atoms with E-state index in [1.54, 1.807) is 0 Å². The Morgan fingerprint density at radius 3 is 2.50 bits per heavy atom. The van der Waals surface area contributed by atoms with E-state index in [0.717, 1.165) is 10.4 Å². The number of aromatic nitrogens is 1. The molecule has 0 fully saturated rings. The van der Waals surface area contributed by atoms with Gasteiger partial charge in [-0.25, -0.2) is 4.98 Å². The smallest absolute Gasteiger partial charge is 0.271 e. The van der Waals surface area contributed by atoms with Crippen molar-refractivity contribution in [3.63, 3.8) is 0 Å². The molecule has 0 unspecified atom stereocenters. The van der Waals surface area contributed by atoms with Crippen molar-refractivity contribution in [1.82, 2.24) is 10.3 Å². The van der Waals surface area contributed by atoms with Crippen molar-refractivity contribution in [1.29, 1.82) is 0 Å². The van der Waals surface area contributed by atoms with Crippen molar-refractivity contribution in [2.24, 2.45) is 5.73 Å². The fourth-order valence-corrected chi connectivity index (χ4v) is 2.38. The molecule has 2 rings (SSSR count). The van der Waals surface area contributed by atoms with Gasteiger partial charge in [0.1, 0.15) is 5.69 Å². The van der Waals surface area contributed by atoms with Gasteiger partial charge < -0.3 is 16.8 Å². The van der Waals surface area contributed by atoms with Gasteiger partial charge in [0, 0.05) is 13.1 Å². The first-order chi connectivity index (χ1) is 8.72. The van der Waals surface area contributed by atoms with Gasteiger partial charge in [0.15, 0.2) is 5.13 Å². The standard InChI is InChI=1S/C12H14N4OS.2ClH/c13-6-7-15-11(17)9-10(18-12(14)16-9)8-4-2-1-3-5-8;;/h1-5H,6-7,13H2,(H2,14,16)(H,15,17);2*1H. The summed E-state index contributed by atoms with van der Waals surface area (Å²) in [5, 5.41) is 3.08. The highest BCUT2D eigenvalue weighted by Gasteiger charge is 2.17. The molecule has 0 aliphatic carbocycles. The van der Waals surface area contributed by atoms with Gasteiger partial charge in [0.25, 0.3) is 5.91 Å². The molecule has 0 radical (unpaired) electrons. The molecule has 1 heterocycles. The largest absolute Gasteiger partial charge is 0.375 e. The van der Waals surface area contributed by atoms with E-state index in [1.807, 2.05) is 30.3 Å². The molecule has 110 valence electrons. The third-order valence-corrected chi connectivity index (χ3v) is 3.26. The molecule has 0 bridgehead atoms. The van der Waals surface area contributed by atoms with E-state index in [4.69, 9.17) is 11.5 Å². The number of hydrogen-bond acceptors (Lipinski definition) is 5. The molecule has 8 heteroatoms. The monoisotopic (exact) mass is 334 g/mol. The number of anilines is 1. The Labute approximate surface area is 133 Å². The summed E-state index contributed by atoms with van der Waals surface area (Å²) in [5.41, 5.74) is 12.3. The van der Waals surface area contributed by atoms with Crippen LogP contribution in [0.15, 0.2) is 30.3 Å². The molecule has 0 saturated heterocycles. The normalized spacial score (nSPS) is 9.25. The molecule has 1 amide bonds. The Bertz CT molecular complexity index is 548. The number of nitrogens with one attached hydrogen (secondary N) is 1. The van der Waals surface area contributed by atoms with Crippen LogP contribution in [-0.2, 0) is 0 Å². The average molecular weight is 335 g/mol. The number of rotatable bonds is 4. The van der Waals surface area contributed by atoms with Crippen LogP contribution in [0.1, 0.15) is 10.5 Å². The fraction of sp³-hybridized carbons (Fsp3) is 0.167. The quantitative estimate of drug-likeness (QED) is 0.796.